The Hall–Kier alpha value is -3.51. The maximum Gasteiger partial charge on any atom is 0.255 e. The van der Waals surface area contributed by atoms with E-state index in [1.807, 2.05) is 37.3 Å². The van der Waals surface area contributed by atoms with Crippen LogP contribution in [0.15, 0.2) is 66.7 Å². The molecule has 0 aliphatic rings. The van der Waals surface area contributed by atoms with Crippen LogP contribution in [0.2, 0.25) is 5.02 Å². The minimum atomic E-state index is -0.256. The maximum atomic E-state index is 12.4. The van der Waals surface area contributed by atoms with Gasteiger partial charge in [-0.3, -0.25) is 9.59 Å². The zero-order valence-corrected chi connectivity index (χ0v) is 17.4. The van der Waals surface area contributed by atoms with Crippen LogP contribution in [0.3, 0.4) is 0 Å². The van der Waals surface area contributed by atoms with E-state index < -0.39 is 0 Å². The van der Waals surface area contributed by atoms with Gasteiger partial charge in [0.1, 0.15) is 5.75 Å². The fourth-order valence-electron chi connectivity index (χ4n) is 2.83. The first-order chi connectivity index (χ1) is 14.5. The minimum absolute atomic E-state index is 0.0343. The van der Waals surface area contributed by atoms with Crippen LogP contribution in [0.4, 0.5) is 17.1 Å². The van der Waals surface area contributed by atoms with Crippen LogP contribution in [0, 0.1) is 6.92 Å². The molecule has 0 heterocycles. The summed E-state index contributed by atoms with van der Waals surface area (Å²) >= 11 is 6.00. The van der Waals surface area contributed by atoms with Crippen LogP contribution in [0.25, 0.3) is 0 Å². The Bertz CT molecular complexity index is 1050. The predicted molar refractivity (Wildman–Crippen MR) is 121 cm³/mol. The van der Waals surface area contributed by atoms with Gasteiger partial charge in [0.05, 0.1) is 19.3 Å². The van der Waals surface area contributed by atoms with E-state index in [4.69, 9.17) is 16.3 Å². The number of hydrogen-bond donors (Lipinski definition) is 3. The maximum absolute atomic E-state index is 12.4. The van der Waals surface area contributed by atoms with Crippen LogP contribution >= 0.6 is 11.6 Å². The second-order valence-corrected chi connectivity index (χ2v) is 7.03. The number of carbonyl (C=O) groups is 2. The number of nitrogens with one attached hydrogen (secondary N) is 3. The third kappa shape index (κ3) is 5.52. The van der Waals surface area contributed by atoms with Gasteiger partial charge in [-0.2, -0.15) is 0 Å². The van der Waals surface area contributed by atoms with E-state index in [1.54, 1.807) is 36.4 Å². The highest BCUT2D eigenvalue weighted by atomic mass is 35.5. The second kappa shape index (κ2) is 9.80. The second-order valence-electron chi connectivity index (χ2n) is 6.60. The Kier molecular flexibility index (Phi) is 6.93. The molecule has 0 spiro atoms. The third-order valence-corrected chi connectivity index (χ3v) is 4.64. The first-order valence-corrected chi connectivity index (χ1v) is 9.68. The van der Waals surface area contributed by atoms with Gasteiger partial charge in [0, 0.05) is 22.0 Å². The van der Waals surface area contributed by atoms with E-state index >= 15 is 0 Å². The Morgan fingerprint density at radius 3 is 2.43 bits per heavy atom. The normalized spacial score (nSPS) is 10.2. The molecule has 3 rings (SSSR count). The number of amides is 2. The van der Waals surface area contributed by atoms with E-state index in [1.165, 1.54) is 7.11 Å². The zero-order chi connectivity index (χ0) is 21.5. The van der Waals surface area contributed by atoms with Crippen molar-refractivity contribution in [2.24, 2.45) is 0 Å². The Labute approximate surface area is 180 Å². The Morgan fingerprint density at radius 2 is 1.70 bits per heavy atom. The molecule has 0 aromatic heterocycles. The summed E-state index contributed by atoms with van der Waals surface area (Å²) in [6.45, 7) is 1.95. The summed E-state index contributed by atoms with van der Waals surface area (Å²) in [6, 6.07) is 19.5. The molecule has 0 bridgehead atoms. The van der Waals surface area contributed by atoms with Crippen molar-refractivity contribution >= 4 is 40.5 Å². The van der Waals surface area contributed by atoms with E-state index in [2.05, 4.69) is 16.0 Å². The molecule has 7 heteroatoms. The highest BCUT2D eigenvalue weighted by Gasteiger charge is 2.10. The lowest BCUT2D eigenvalue weighted by Crippen LogP contribution is -2.22. The van der Waals surface area contributed by atoms with E-state index in [9.17, 15) is 9.59 Å². The molecule has 30 heavy (non-hydrogen) atoms. The number of benzene rings is 3. The Balaban J connectivity index is 1.64. The van der Waals surface area contributed by atoms with Crippen molar-refractivity contribution in [1.82, 2.24) is 0 Å². The quantitative estimate of drug-likeness (QED) is 0.501. The van der Waals surface area contributed by atoms with E-state index in [0.29, 0.717) is 27.7 Å². The van der Waals surface area contributed by atoms with Gasteiger partial charge in [0.25, 0.3) is 5.91 Å². The molecule has 2 amide bonds. The molecule has 154 valence electrons. The molecule has 6 nitrogen and oxygen atoms in total. The van der Waals surface area contributed by atoms with E-state index in [0.717, 1.165) is 11.3 Å². The van der Waals surface area contributed by atoms with Crippen LogP contribution in [-0.4, -0.2) is 25.5 Å². The number of anilines is 3. The SMILES string of the molecule is COc1ccc(Cl)cc1NC(=O)CNc1cc(NC(=O)c2ccccc2)ccc1C. The third-order valence-electron chi connectivity index (χ3n) is 4.41. The Morgan fingerprint density at radius 1 is 0.933 bits per heavy atom. The summed E-state index contributed by atoms with van der Waals surface area (Å²) in [6.07, 6.45) is 0. The zero-order valence-electron chi connectivity index (χ0n) is 16.7. The van der Waals surface area contributed by atoms with Crippen molar-refractivity contribution < 1.29 is 14.3 Å². The van der Waals surface area contributed by atoms with Gasteiger partial charge in [-0.15, -0.1) is 0 Å². The molecule has 3 N–H and O–H groups in total. The molecule has 0 saturated heterocycles. The molecule has 0 aliphatic carbocycles. The van der Waals surface area contributed by atoms with Crippen molar-refractivity contribution in [3.63, 3.8) is 0 Å². The predicted octanol–water partition coefficient (Wildman–Crippen LogP) is 4.96. The molecular formula is C23H22ClN3O3. The van der Waals surface area contributed by atoms with Crippen molar-refractivity contribution in [1.29, 1.82) is 0 Å². The van der Waals surface area contributed by atoms with Crippen LogP contribution in [0.5, 0.6) is 5.75 Å². The highest BCUT2D eigenvalue weighted by Crippen LogP contribution is 2.27. The average molecular weight is 424 g/mol. The van der Waals surface area contributed by atoms with Gasteiger partial charge in [-0.25, -0.2) is 0 Å². The standard InChI is InChI=1S/C23H22ClN3O3/c1-15-8-10-18(26-23(29)16-6-4-3-5-7-16)13-19(15)25-14-22(28)27-20-12-17(24)9-11-21(20)30-2/h3-13,25H,14H2,1-2H3,(H,26,29)(H,27,28). The fraction of sp³-hybridized carbons (Fsp3) is 0.130. The van der Waals surface area contributed by atoms with Gasteiger partial charge in [0.15, 0.2) is 0 Å². The largest absolute Gasteiger partial charge is 0.495 e. The summed E-state index contributed by atoms with van der Waals surface area (Å²) < 4.78 is 5.24. The molecule has 0 unspecified atom stereocenters. The summed E-state index contributed by atoms with van der Waals surface area (Å²) in [5.41, 5.74) is 3.39. The van der Waals surface area contributed by atoms with Gasteiger partial charge in [-0.05, 0) is 55.0 Å². The number of carbonyl (C=O) groups excluding carboxylic acids is 2. The number of ether oxygens (including phenoxy) is 1. The summed E-state index contributed by atoms with van der Waals surface area (Å²) in [5, 5.41) is 9.24. The smallest absolute Gasteiger partial charge is 0.255 e. The first kappa shape index (κ1) is 21.2. The van der Waals surface area contributed by atoms with Gasteiger partial charge < -0.3 is 20.7 Å². The lowest BCUT2D eigenvalue weighted by Gasteiger charge is -2.14. The van der Waals surface area contributed by atoms with Crippen molar-refractivity contribution in [3.8, 4) is 5.75 Å². The van der Waals surface area contributed by atoms with Crippen molar-refractivity contribution in [2.45, 2.75) is 6.92 Å². The number of halogens is 1. The number of rotatable bonds is 7. The molecule has 0 radical (unpaired) electrons. The average Bonchev–Trinajstić information content (AvgIpc) is 2.75. The lowest BCUT2D eigenvalue weighted by atomic mass is 10.1. The summed E-state index contributed by atoms with van der Waals surface area (Å²) in [7, 11) is 1.52. The minimum Gasteiger partial charge on any atom is -0.495 e. The highest BCUT2D eigenvalue weighted by molar-refractivity contribution is 6.31. The van der Waals surface area contributed by atoms with E-state index in [-0.39, 0.29) is 18.4 Å². The molecule has 3 aromatic rings. The van der Waals surface area contributed by atoms with Crippen LogP contribution in [0.1, 0.15) is 15.9 Å². The fourth-order valence-corrected chi connectivity index (χ4v) is 3.00. The molecular weight excluding hydrogens is 402 g/mol. The van der Waals surface area contributed by atoms with Crippen molar-refractivity contribution in [2.75, 3.05) is 29.6 Å². The summed E-state index contributed by atoms with van der Waals surface area (Å²) in [5.74, 6) is 0.0689. The van der Waals surface area contributed by atoms with Gasteiger partial charge in [-0.1, -0.05) is 35.9 Å². The van der Waals surface area contributed by atoms with Crippen LogP contribution < -0.4 is 20.7 Å². The summed E-state index contributed by atoms with van der Waals surface area (Å²) in [4.78, 5) is 24.7. The molecule has 0 saturated carbocycles. The van der Waals surface area contributed by atoms with Gasteiger partial charge >= 0.3 is 0 Å². The van der Waals surface area contributed by atoms with Gasteiger partial charge in [0.2, 0.25) is 5.91 Å². The first-order valence-electron chi connectivity index (χ1n) is 9.30. The topological polar surface area (TPSA) is 79.5 Å². The monoisotopic (exact) mass is 423 g/mol. The molecule has 0 aliphatic heterocycles. The van der Waals surface area contributed by atoms with Crippen LogP contribution in [-0.2, 0) is 4.79 Å². The number of aryl methyl sites for hydroxylation is 1. The number of hydrogen-bond acceptors (Lipinski definition) is 4. The van der Waals surface area contributed by atoms with Crippen molar-refractivity contribution in [3.05, 3.63) is 82.9 Å². The number of methoxy groups -OCH3 is 1. The molecule has 0 atom stereocenters. The molecule has 0 fully saturated rings. The lowest BCUT2D eigenvalue weighted by molar-refractivity contribution is -0.114. The molecule has 3 aromatic carbocycles.